The Morgan fingerprint density at radius 1 is 0.967 bits per heavy atom. The van der Waals surface area contributed by atoms with Crippen LogP contribution in [0.25, 0.3) is 10.9 Å². The number of nitrogens with one attached hydrogen (secondary N) is 3. The van der Waals surface area contributed by atoms with Crippen LogP contribution in [0, 0.1) is 12.7 Å². The number of H-pyrrole nitrogens is 1. The van der Waals surface area contributed by atoms with Gasteiger partial charge in [-0.3, -0.25) is 4.79 Å². The number of aromatic amines is 1. The van der Waals surface area contributed by atoms with E-state index in [0.29, 0.717) is 24.2 Å². The second-order valence-corrected chi connectivity index (χ2v) is 8.29. The second-order valence-electron chi connectivity index (χ2n) is 8.29. The average molecular weight is 411 g/mol. The monoisotopic (exact) mass is 411 g/mol. The lowest BCUT2D eigenvalue weighted by Crippen LogP contribution is -3.27. The number of fused-ring (bicyclic) bond motifs is 2. The van der Waals surface area contributed by atoms with E-state index in [9.17, 15) is 9.18 Å². The molecule has 0 saturated carbocycles. The quantitative estimate of drug-likeness (QED) is 0.575. The Kier molecular flexibility index (Phi) is 4.92. The maximum atomic E-state index is 13.6. The molecule has 5 rings (SSSR count). The van der Waals surface area contributed by atoms with Gasteiger partial charge in [-0.25, -0.2) is 4.39 Å². The van der Waals surface area contributed by atoms with Crippen molar-refractivity contribution >= 4 is 10.9 Å². The van der Waals surface area contributed by atoms with Crippen molar-refractivity contribution in [2.24, 2.45) is 0 Å². The van der Waals surface area contributed by atoms with Crippen LogP contribution >= 0.6 is 0 Å². The SMILES string of the molecule is Cc1[nH]c2ccc(F)cc2c(=O)c1C[NH+]1CC[NH+](Cc2ccc3c(c2)OCO3)CC1. The predicted octanol–water partition coefficient (Wildman–Crippen LogP) is 0.188. The Balaban J connectivity index is 1.25. The lowest BCUT2D eigenvalue weighted by atomic mass is 10.1. The fourth-order valence-electron chi connectivity index (χ4n) is 4.54. The molecule has 0 bridgehead atoms. The fourth-order valence-corrected chi connectivity index (χ4v) is 4.54. The summed E-state index contributed by atoms with van der Waals surface area (Å²) in [6.45, 7) is 7.95. The lowest BCUT2D eigenvalue weighted by molar-refractivity contribution is -1.02. The molecule has 0 spiro atoms. The first kappa shape index (κ1) is 19.1. The molecule has 0 unspecified atom stereocenters. The van der Waals surface area contributed by atoms with Crippen molar-refractivity contribution in [3.63, 3.8) is 0 Å². The van der Waals surface area contributed by atoms with E-state index in [4.69, 9.17) is 9.47 Å². The van der Waals surface area contributed by atoms with E-state index in [1.54, 1.807) is 6.07 Å². The number of piperazine rings is 1. The summed E-state index contributed by atoms with van der Waals surface area (Å²) >= 11 is 0. The van der Waals surface area contributed by atoms with Gasteiger partial charge in [0.05, 0.1) is 5.56 Å². The number of quaternary nitrogens is 2. The maximum Gasteiger partial charge on any atom is 0.231 e. The summed E-state index contributed by atoms with van der Waals surface area (Å²) in [5.41, 5.74) is 3.53. The molecule has 7 heteroatoms. The van der Waals surface area contributed by atoms with Gasteiger partial charge in [-0.15, -0.1) is 0 Å². The number of benzene rings is 2. The summed E-state index contributed by atoms with van der Waals surface area (Å²) in [6.07, 6.45) is 0. The molecule has 1 fully saturated rings. The third kappa shape index (κ3) is 3.66. The van der Waals surface area contributed by atoms with Gasteiger partial charge in [0.1, 0.15) is 45.1 Å². The van der Waals surface area contributed by atoms with Crippen molar-refractivity contribution < 1.29 is 23.7 Å². The smallest absolute Gasteiger partial charge is 0.231 e. The number of pyridine rings is 1. The molecule has 3 aromatic rings. The second kappa shape index (κ2) is 7.74. The third-order valence-electron chi connectivity index (χ3n) is 6.26. The van der Waals surface area contributed by atoms with E-state index in [0.717, 1.165) is 55.5 Å². The van der Waals surface area contributed by atoms with Crippen LogP contribution in [0.3, 0.4) is 0 Å². The van der Waals surface area contributed by atoms with Crippen LogP contribution in [-0.4, -0.2) is 38.0 Å². The van der Waals surface area contributed by atoms with Gasteiger partial charge in [-0.05, 0) is 43.3 Å². The summed E-state index contributed by atoms with van der Waals surface area (Å²) in [5, 5.41) is 0.432. The number of hydrogen-bond donors (Lipinski definition) is 3. The molecule has 3 heterocycles. The predicted molar refractivity (Wildman–Crippen MR) is 111 cm³/mol. The molecule has 2 aromatic carbocycles. The van der Waals surface area contributed by atoms with E-state index in [2.05, 4.69) is 17.1 Å². The Bertz CT molecular complexity index is 1150. The molecular weight excluding hydrogens is 385 g/mol. The van der Waals surface area contributed by atoms with Gasteiger partial charge >= 0.3 is 0 Å². The zero-order chi connectivity index (χ0) is 20.7. The van der Waals surface area contributed by atoms with E-state index >= 15 is 0 Å². The fraction of sp³-hybridized carbons (Fsp3) is 0.348. The molecule has 156 valence electrons. The lowest BCUT2D eigenvalue weighted by Gasteiger charge is -2.30. The molecule has 3 N–H and O–H groups in total. The number of hydrogen-bond acceptors (Lipinski definition) is 3. The highest BCUT2D eigenvalue weighted by atomic mass is 19.1. The minimum Gasteiger partial charge on any atom is -0.454 e. The van der Waals surface area contributed by atoms with Crippen LogP contribution < -0.4 is 24.7 Å². The zero-order valence-corrected chi connectivity index (χ0v) is 17.0. The average Bonchev–Trinajstić information content (AvgIpc) is 3.21. The van der Waals surface area contributed by atoms with Gasteiger partial charge in [0, 0.05) is 22.2 Å². The highest BCUT2D eigenvalue weighted by Crippen LogP contribution is 2.32. The molecule has 0 radical (unpaired) electrons. The number of ether oxygens (including phenoxy) is 2. The van der Waals surface area contributed by atoms with Gasteiger partial charge in [0.25, 0.3) is 0 Å². The van der Waals surface area contributed by atoms with Crippen LogP contribution in [0.4, 0.5) is 4.39 Å². The third-order valence-corrected chi connectivity index (χ3v) is 6.26. The van der Waals surface area contributed by atoms with Gasteiger partial charge < -0.3 is 24.3 Å². The Labute approximate surface area is 173 Å². The number of aromatic nitrogens is 1. The Morgan fingerprint density at radius 2 is 1.70 bits per heavy atom. The summed E-state index contributed by atoms with van der Waals surface area (Å²) in [7, 11) is 0. The number of aryl methyl sites for hydroxylation is 1. The molecule has 2 aliphatic rings. The van der Waals surface area contributed by atoms with E-state index in [1.807, 2.05) is 13.0 Å². The van der Waals surface area contributed by atoms with Gasteiger partial charge in [-0.1, -0.05) is 0 Å². The summed E-state index contributed by atoms with van der Waals surface area (Å²) in [6, 6.07) is 10.5. The zero-order valence-electron chi connectivity index (χ0n) is 17.0. The molecular formula is C23H26FN3O3+2. The van der Waals surface area contributed by atoms with Crippen molar-refractivity contribution in [3.8, 4) is 11.5 Å². The molecule has 0 atom stereocenters. The molecule has 0 amide bonds. The summed E-state index contributed by atoms with van der Waals surface area (Å²) < 4.78 is 24.5. The van der Waals surface area contributed by atoms with Crippen molar-refractivity contribution in [1.29, 1.82) is 0 Å². The number of halogens is 1. The Hall–Kier alpha value is -2.90. The van der Waals surface area contributed by atoms with Crippen LogP contribution in [0.1, 0.15) is 16.8 Å². The van der Waals surface area contributed by atoms with Crippen LogP contribution in [0.2, 0.25) is 0 Å². The van der Waals surface area contributed by atoms with Crippen molar-refractivity contribution in [2.45, 2.75) is 20.0 Å². The van der Waals surface area contributed by atoms with Gasteiger partial charge in [0.15, 0.2) is 16.9 Å². The van der Waals surface area contributed by atoms with Gasteiger partial charge in [-0.2, -0.15) is 0 Å². The molecule has 1 aromatic heterocycles. The summed E-state index contributed by atoms with van der Waals surface area (Å²) in [4.78, 5) is 19.1. The Morgan fingerprint density at radius 3 is 2.50 bits per heavy atom. The molecule has 30 heavy (non-hydrogen) atoms. The maximum absolute atomic E-state index is 13.6. The topological polar surface area (TPSA) is 60.2 Å². The van der Waals surface area contributed by atoms with Gasteiger partial charge in [0.2, 0.25) is 6.79 Å². The van der Waals surface area contributed by atoms with Crippen molar-refractivity contribution in [1.82, 2.24) is 4.98 Å². The van der Waals surface area contributed by atoms with Crippen LogP contribution in [0.15, 0.2) is 41.2 Å². The first-order valence-electron chi connectivity index (χ1n) is 10.4. The van der Waals surface area contributed by atoms with E-state index in [-0.39, 0.29) is 11.2 Å². The molecule has 1 saturated heterocycles. The number of rotatable bonds is 4. The van der Waals surface area contributed by atoms with Crippen molar-refractivity contribution in [2.75, 3.05) is 33.0 Å². The highest BCUT2D eigenvalue weighted by molar-refractivity contribution is 5.79. The largest absolute Gasteiger partial charge is 0.454 e. The van der Waals surface area contributed by atoms with Crippen LogP contribution in [0.5, 0.6) is 11.5 Å². The summed E-state index contributed by atoms with van der Waals surface area (Å²) in [5.74, 6) is 1.27. The van der Waals surface area contributed by atoms with Crippen molar-refractivity contribution in [3.05, 3.63) is 69.3 Å². The normalized spacial score (nSPS) is 20.6. The van der Waals surface area contributed by atoms with E-state index in [1.165, 1.54) is 27.5 Å². The van der Waals surface area contributed by atoms with E-state index < -0.39 is 0 Å². The van der Waals surface area contributed by atoms with Crippen LogP contribution in [-0.2, 0) is 13.1 Å². The molecule has 2 aliphatic heterocycles. The minimum atomic E-state index is -0.379. The first-order valence-corrected chi connectivity index (χ1v) is 10.4. The standard InChI is InChI=1S/C23H24FN3O3/c1-15-19(23(28)18-11-17(24)3-4-20(18)25-15)13-27-8-6-26(7-9-27)12-16-2-5-21-22(10-16)30-14-29-21/h2-5,10-11H,6-9,12-14H2,1H3,(H,25,28)/p+2. The first-order chi connectivity index (χ1) is 14.6. The highest BCUT2D eigenvalue weighted by Gasteiger charge is 2.25. The minimum absolute atomic E-state index is 0.0524. The molecule has 0 aliphatic carbocycles. The molecule has 6 nitrogen and oxygen atoms in total.